The second kappa shape index (κ2) is 9.84. The molecule has 3 rings (SSSR count). The van der Waals surface area contributed by atoms with Crippen molar-refractivity contribution in [2.24, 2.45) is 5.92 Å². The third-order valence-electron chi connectivity index (χ3n) is 6.43. The quantitative estimate of drug-likeness (QED) is 0.779. The van der Waals surface area contributed by atoms with Crippen molar-refractivity contribution in [2.75, 3.05) is 19.7 Å². The Balaban J connectivity index is 1.45. The number of nitrogens with zero attached hydrogens (tertiary/aromatic N) is 1. The van der Waals surface area contributed by atoms with Crippen molar-refractivity contribution in [1.29, 1.82) is 0 Å². The number of aryl methyl sites for hydroxylation is 1. The Bertz CT molecular complexity index is 739. The first-order valence-corrected chi connectivity index (χ1v) is 11.6. The van der Waals surface area contributed by atoms with Gasteiger partial charge in [-0.3, -0.25) is 9.59 Å². The molecule has 5 heteroatoms. The fourth-order valence-corrected chi connectivity index (χ4v) is 4.62. The van der Waals surface area contributed by atoms with Crippen molar-refractivity contribution in [3.05, 3.63) is 29.3 Å². The number of likely N-dealkylation sites (tertiary alicyclic amines) is 1. The number of carbonyl (C=O) groups excluding carboxylic acids is 2. The number of hydrogen-bond acceptors (Lipinski definition) is 3. The smallest absolute Gasteiger partial charge is 0.258 e. The summed E-state index contributed by atoms with van der Waals surface area (Å²) < 4.78 is 5.88. The first-order valence-electron chi connectivity index (χ1n) is 11.6. The SMILES string of the molecule is Cc1ccc(OCC(=O)NC2CCN(C(=O)C3CCCCC3)CC2)c(C(C)(C)C)c1. The molecule has 1 aromatic carbocycles. The zero-order valence-corrected chi connectivity index (χ0v) is 19.1. The van der Waals surface area contributed by atoms with E-state index in [1.54, 1.807) is 0 Å². The molecule has 2 aliphatic rings. The van der Waals surface area contributed by atoms with Crippen LogP contribution in [0.2, 0.25) is 0 Å². The van der Waals surface area contributed by atoms with E-state index in [0.717, 1.165) is 50.1 Å². The van der Waals surface area contributed by atoms with E-state index in [4.69, 9.17) is 4.74 Å². The van der Waals surface area contributed by atoms with Crippen molar-refractivity contribution >= 4 is 11.8 Å². The normalized spacial score (nSPS) is 18.9. The standard InChI is InChI=1S/C25H38N2O3/c1-18-10-11-22(21(16-18)25(2,3)4)30-17-23(28)26-20-12-14-27(15-13-20)24(29)19-8-6-5-7-9-19/h10-11,16,19-20H,5-9,12-15,17H2,1-4H3,(H,26,28). The number of nitrogens with one attached hydrogen (secondary N) is 1. The molecule has 1 N–H and O–H groups in total. The van der Waals surface area contributed by atoms with E-state index in [-0.39, 0.29) is 29.9 Å². The molecule has 0 aromatic heterocycles. The Morgan fingerprint density at radius 1 is 1.07 bits per heavy atom. The van der Waals surface area contributed by atoms with Crippen molar-refractivity contribution in [1.82, 2.24) is 10.2 Å². The molecule has 0 radical (unpaired) electrons. The topological polar surface area (TPSA) is 58.6 Å². The summed E-state index contributed by atoms with van der Waals surface area (Å²) in [5.74, 6) is 1.24. The highest BCUT2D eigenvalue weighted by Crippen LogP contribution is 2.32. The van der Waals surface area contributed by atoms with Gasteiger partial charge in [-0.25, -0.2) is 0 Å². The Kier molecular flexibility index (Phi) is 7.43. The first kappa shape index (κ1) is 22.6. The van der Waals surface area contributed by atoms with E-state index in [1.165, 1.54) is 24.8 Å². The zero-order chi connectivity index (χ0) is 21.7. The summed E-state index contributed by atoms with van der Waals surface area (Å²) in [5, 5.41) is 3.10. The minimum absolute atomic E-state index is 0.0212. The molecule has 1 saturated heterocycles. The zero-order valence-electron chi connectivity index (χ0n) is 19.1. The van der Waals surface area contributed by atoms with E-state index in [9.17, 15) is 9.59 Å². The average Bonchev–Trinajstić information content (AvgIpc) is 2.73. The summed E-state index contributed by atoms with van der Waals surface area (Å²) in [7, 11) is 0. The van der Waals surface area contributed by atoms with E-state index >= 15 is 0 Å². The van der Waals surface area contributed by atoms with Crippen LogP contribution in [-0.2, 0) is 15.0 Å². The van der Waals surface area contributed by atoms with E-state index in [0.29, 0.717) is 5.91 Å². The lowest BCUT2D eigenvalue weighted by atomic mass is 9.85. The van der Waals surface area contributed by atoms with Crippen LogP contribution in [-0.4, -0.2) is 42.5 Å². The summed E-state index contributed by atoms with van der Waals surface area (Å²) in [5.41, 5.74) is 2.26. The molecule has 0 unspecified atom stereocenters. The van der Waals surface area contributed by atoms with Gasteiger partial charge in [-0.15, -0.1) is 0 Å². The van der Waals surface area contributed by atoms with Gasteiger partial charge in [0, 0.05) is 25.0 Å². The van der Waals surface area contributed by atoms with Gasteiger partial charge in [0.2, 0.25) is 5.91 Å². The molecular formula is C25H38N2O3. The first-order chi connectivity index (χ1) is 14.2. The summed E-state index contributed by atoms with van der Waals surface area (Å²) in [6, 6.07) is 6.23. The van der Waals surface area contributed by atoms with Crippen molar-refractivity contribution in [3.8, 4) is 5.75 Å². The van der Waals surface area contributed by atoms with Crippen LogP contribution in [0, 0.1) is 12.8 Å². The molecule has 0 atom stereocenters. The predicted molar refractivity (Wildman–Crippen MR) is 120 cm³/mol. The van der Waals surface area contributed by atoms with Gasteiger partial charge >= 0.3 is 0 Å². The molecule has 30 heavy (non-hydrogen) atoms. The summed E-state index contributed by atoms with van der Waals surface area (Å²) in [4.78, 5) is 27.2. The lowest BCUT2D eigenvalue weighted by Crippen LogP contribution is -2.49. The number of benzene rings is 1. The number of amides is 2. The third kappa shape index (κ3) is 5.99. The lowest BCUT2D eigenvalue weighted by Gasteiger charge is -2.35. The minimum atomic E-state index is -0.0903. The van der Waals surface area contributed by atoms with Gasteiger partial charge in [-0.1, -0.05) is 57.7 Å². The molecule has 166 valence electrons. The van der Waals surface area contributed by atoms with Crippen LogP contribution in [0.5, 0.6) is 5.75 Å². The van der Waals surface area contributed by atoms with Gasteiger partial charge in [-0.2, -0.15) is 0 Å². The van der Waals surface area contributed by atoms with Gasteiger partial charge in [0.1, 0.15) is 5.75 Å². The van der Waals surface area contributed by atoms with Gasteiger partial charge < -0.3 is 15.0 Å². The van der Waals surface area contributed by atoms with Crippen LogP contribution in [0.15, 0.2) is 18.2 Å². The number of piperidine rings is 1. The third-order valence-corrected chi connectivity index (χ3v) is 6.43. The van der Waals surface area contributed by atoms with Gasteiger partial charge in [0.05, 0.1) is 0 Å². The van der Waals surface area contributed by atoms with Gasteiger partial charge in [-0.05, 0) is 49.7 Å². The number of ether oxygens (including phenoxy) is 1. The van der Waals surface area contributed by atoms with Crippen molar-refractivity contribution in [2.45, 2.75) is 84.1 Å². The van der Waals surface area contributed by atoms with Crippen LogP contribution >= 0.6 is 0 Å². The molecule has 0 spiro atoms. The monoisotopic (exact) mass is 414 g/mol. The highest BCUT2D eigenvalue weighted by atomic mass is 16.5. The Hall–Kier alpha value is -2.04. The van der Waals surface area contributed by atoms with E-state index < -0.39 is 0 Å². The average molecular weight is 415 g/mol. The Labute approximate surface area is 181 Å². The largest absolute Gasteiger partial charge is 0.483 e. The van der Waals surface area contributed by atoms with Gasteiger partial charge in [0.15, 0.2) is 6.61 Å². The fraction of sp³-hybridized carbons (Fsp3) is 0.680. The highest BCUT2D eigenvalue weighted by Gasteiger charge is 2.29. The van der Waals surface area contributed by atoms with Crippen LogP contribution < -0.4 is 10.1 Å². The molecule has 5 nitrogen and oxygen atoms in total. The lowest BCUT2D eigenvalue weighted by molar-refractivity contribution is -0.137. The van der Waals surface area contributed by atoms with Gasteiger partial charge in [0.25, 0.3) is 5.91 Å². The van der Waals surface area contributed by atoms with Crippen LogP contribution in [0.4, 0.5) is 0 Å². The second-order valence-corrected chi connectivity index (χ2v) is 10.0. The van der Waals surface area contributed by atoms with Crippen molar-refractivity contribution < 1.29 is 14.3 Å². The second-order valence-electron chi connectivity index (χ2n) is 10.0. The van der Waals surface area contributed by atoms with E-state index in [1.807, 2.05) is 17.0 Å². The van der Waals surface area contributed by atoms with Crippen LogP contribution in [0.25, 0.3) is 0 Å². The van der Waals surface area contributed by atoms with E-state index in [2.05, 4.69) is 39.1 Å². The van der Waals surface area contributed by atoms with Crippen LogP contribution in [0.1, 0.15) is 76.8 Å². The molecule has 2 fully saturated rings. The summed E-state index contributed by atoms with van der Waals surface area (Å²) >= 11 is 0. The molecule has 1 aliphatic carbocycles. The number of carbonyl (C=O) groups is 2. The molecule has 1 heterocycles. The molecule has 1 saturated carbocycles. The Morgan fingerprint density at radius 3 is 2.37 bits per heavy atom. The molecular weight excluding hydrogens is 376 g/mol. The molecule has 0 bridgehead atoms. The highest BCUT2D eigenvalue weighted by molar-refractivity contribution is 5.79. The molecule has 2 amide bonds. The number of hydrogen-bond donors (Lipinski definition) is 1. The summed E-state index contributed by atoms with van der Waals surface area (Å²) in [6.07, 6.45) is 7.36. The van der Waals surface area contributed by atoms with Crippen molar-refractivity contribution in [3.63, 3.8) is 0 Å². The molecule has 1 aromatic rings. The maximum atomic E-state index is 12.7. The minimum Gasteiger partial charge on any atom is -0.483 e. The maximum Gasteiger partial charge on any atom is 0.258 e. The number of rotatable bonds is 5. The predicted octanol–water partition coefficient (Wildman–Crippen LogP) is 4.36. The fourth-order valence-electron chi connectivity index (χ4n) is 4.62. The van der Waals surface area contributed by atoms with Crippen LogP contribution in [0.3, 0.4) is 0 Å². The maximum absolute atomic E-state index is 12.7. The summed E-state index contributed by atoms with van der Waals surface area (Å²) in [6.45, 7) is 10.0. The molecule has 1 aliphatic heterocycles. The Morgan fingerprint density at radius 2 is 1.73 bits per heavy atom.